The van der Waals surface area contributed by atoms with E-state index in [2.05, 4.69) is 10.3 Å². The average molecular weight is 342 g/mol. The van der Waals surface area contributed by atoms with E-state index in [-0.39, 0.29) is 18.3 Å². The van der Waals surface area contributed by atoms with Gasteiger partial charge in [-0.2, -0.15) is 0 Å². The summed E-state index contributed by atoms with van der Waals surface area (Å²) in [7, 11) is 0. The van der Waals surface area contributed by atoms with Crippen LogP contribution in [0.2, 0.25) is 0 Å². The Labute approximate surface area is 144 Å². The van der Waals surface area contributed by atoms with Crippen molar-refractivity contribution in [3.05, 3.63) is 54.1 Å². The highest BCUT2D eigenvalue weighted by molar-refractivity contribution is 5.92. The number of carbonyl (C=O) groups excluding carboxylic acids is 1. The highest BCUT2D eigenvalue weighted by atomic mass is 16.5. The van der Waals surface area contributed by atoms with Crippen molar-refractivity contribution in [2.24, 2.45) is 16.5 Å². The van der Waals surface area contributed by atoms with Gasteiger partial charge in [-0.15, -0.1) is 0 Å². The molecule has 0 aromatic heterocycles. The normalized spacial score (nSPS) is 9.92. The van der Waals surface area contributed by atoms with E-state index < -0.39 is 12.6 Å². The number of ether oxygens (including phenoxy) is 1. The first-order valence-electron chi connectivity index (χ1n) is 7.35. The second kappa shape index (κ2) is 8.34. The number of nitrogens with one attached hydrogen (secondary N) is 1. The highest BCUT2D eigenvalue weighted by Crippen LogP contribution is 2.18. The fourth-order valence-corrected chi connectivity index (χ4v) is 2.04. The van der Waals surface area contributed by atoms with Crippen molar-refractivity contribution in [1.82, 2.24) is 0 Å². The second-order valence-electron chi connectivity index (χ2n) is 5.14. The molecule has 0 aliphatic rings. The van der Waals surface area contributed by atoms with Crippen LogP contribution in [-0.4, -0.2) is 29.5 Å². The molecule has 8 heteroatoms. The molecule has 0 fully saturated rings. The third-order valence-electron chi connectivity index (χ3n) is 3.04. The van der Waals surface area contributed by atoms with Crippen molar-refractivity contribution < 1.29 is 19.4 Å². The first kappa shape index (κ1) is 17.8. The summed E-state index contributed by atoms with van der Waals surface area (Å²) in [5, 5.41) is 11.3. The number of aliphatic carboxylic acids is 1. The van der Waals surface area contributed by atoms with Crippen LogP contribution in [0, 0.1) is 0 Å². The number of aliphatic imine (C=N–C) groups is 1. The summed E-state index contributed by atoms with van der Waals surface area (Å²) < 4.78 is 5.03. The molecule has 25 heavy (non-hydrogen) atoms. The molecule has 130 valence electrons. The fraction of sp³-hybridized carbons (Fsp3) is 0.118. The summed E-state index contributed by atoms with van der Waals surface area (Å²) in [4.78, 5) is 26.5. The molecule has 0 aliphatic carbocycles. The number of benzene rings is 2. The number of amides is 1. The summed E-state index contributed by atoms with van der Waals surface area (Å²) in [6, 6.07) is 13.5. The molecule has 0 saturated carbocycles. The van der Waals surface area contributed by atoms with E-state index in [0.717, 1.165) is 5.56 Å². The molecule has 8 nitrogen and oxygen atoms in total. The number of rotatable bonds is 7. The smallest absolute Gasteiger partial charge is 0.341 e. The summed E-state index contributed by atoms with van der Waals surface area (Å²) >= 11 is 0. The van der Waals surface area contributed by atoms with Gasteiger partial charge in [0.05, 0.1) is 12.1 Å². The molecule has 2 rings (SSSR count). The Bertz CT molecular complexity index is 783. The summed E-state index contributed by atoms with van der Waals surface area (Å²) in [6.07, 6.45) is 0.158. The minimum absolute atomic E-state index is 0.0614. The zero-order valence-corrected chi connectivity index (χ0v) is 13.3. The zero-order chi connectivity index (χ0) is 18.2. The van der Waals surface area contributed by atoms with E-state index in [9.17, 15) is 9.59 Å². The molecule has 6 N–H and O–H groups in total. The molecule has 0 saturated heterocycles. The van der Waals surface area contributed by atoms with Crippen LogP contribution >= 0.6 is 0 Å². The molecule has 0 radical (unpaired) electrons. The van der Waals surface area contributed by atoms with E-state index >= 15 is 0 Å². The third-order valence-corrected chi connectivity index (χ3v) is 3.04. The van der Waals surface area contributed by atoms with Gasteiger partial charge in [-0.05, 0) is 35.9 Å². The molecule has 0 unspecified atom stereocenters. The van der Waals surface area contributed by atoms with Crippen LogP contribution in [0.1, 0.15) is 5.56 Å². The Balaban J connectivity index is 1.94. The first-order chi connectivity index (χ1) is 11.9. The zero-order valence-electron chi connectivity index (χ0n) is 13.3. The van der Waals surface area contributed by atoms with E-state index in [4.69, 9.17) is 21.3 Å². The van der Waals surface area contributed by atoms with Crippen molar-refractivity contribution in [3.8, 4) is 5.75 Å². The van der Waals surface area contributed by atoms with Crippen molar-refractivity contribution in [2.45, 2.75) is 6.42 Å². The van der Waals surface area contributed by atoms with Crippen molar-refractivity contribution in [2.75, 3.05) is 11.9 Å². The number of nitrogens with two attached hydrogens (primary N) is 2. The maximum atomic E-state index is 12.1. The van der Waals surface area contributed by atoms with Gasteiger partial charge in [0.25, 0.3) is 0 Å². The maximum Gasteiger partial charge on any atom is 0.341 e. The Morgan fingerprint density at radius 1 is 1.12 bits per heavy atom. The largest absolute Gasteiger partial charge is 0.482 e. The van der Waals surface area contributed by atoms with Gasteiger partial charge in [0.2, 0.25) is 5.91 Å². The van der Waals surface area contributed by atoms with Gasteiger partial charge in [0, 0.05) is 5.69 Å². The second-order valence-corrected chi connectivity index (χ2v) is 5.14. The number of carboxylic acids is 1. The molecular weight excluding hydrogens is 324 g/mol. The Morgan fingerprint density at radius 2 is 1.84 bits per heavy atom. The lowest BCUT2D eigenvalue weighted by molar-refractivity contribution is -0.139. The average Bonchev–Trinajstić information content (AvgIpc) is 2.53. The first-order valence-corrected chi connectivity index (χ1v) is 7.35. The number of nitrogens with zero attached hydrogens (tertiary/aromatic N) is 1. The minimum atomic E-state index is -1.05. The van der Waals surface area contributed by atoms with E-state index in [1.807, 2.05) is 0 Å². The van der Waals surface area contributed by atoms with Gasteiger partial charge in [0.1, 0.15) is 5.75 Å². The molecule has 0 atom stereocenters. The quantitative estimate of drug-likeness (QED) is 0.441. The predicted octanol–water partition coefficient (Wildman–Crippen LogP) is 1.24. The van der Waals surface area contributed by atoms with Gasteiger partial charge >= 0.3 is 5.97 Å². The number of carboxylic acid groups (broad SMARTS) is 1. The number of guanidine groups is 1. The number of hydrogen-bond acceptors (Lipinski definition) is 4. The van der Waals surface area contributed by atoms with Crippen LogP contribution in [0.5, 0.6) is 5.75 Å². The number of carbonyl (C=O) groups is 2. The lowest BCUT2D eigenvalue weighted by atomic mass is 10.1. The van der Waals surface area contributed by atoms with Gasteiger partial charge in [-0.25, -0.2) is 9.79 Å². The molecule has 0 bridgehead atoms. The molecule has 0 aliphatic heterocycles. The summed E-state index contributed by atoms with van der Waals surface area (Å²) in [6.45, 7) is -0.411. The number of anilines is 1. The van der Waals surface area contributed by atoms with E-state index in [1.54, 1.807) is 48.5 Å². The van der Waals surface area contributed by atoms with Crippen LogP contribution in [-0.2, 0) is 16.0 Å². The van der Waals surface area contributed by atoms with Crippen molar-refractivity contribution >= 4 is 29.2 Å². The molecule has 0 spiro atoms. The fourth-order valence-electron chi connectivity index (χ4n) is 2.04. The third kappa shape index (κ3) is 6.22. The van der Waals surface area contributed by atoms with Gasteiger partial charge in [-0.3, -0.25) is 4.79 Å². The van der Waals surface area contributed by atoms with Gasteiger partial charge in [0.15, 0.2) is 12.6 Å². The van der Waals surface area contributed by atoms with Crippen molar-refractivity contribution in [1.29, 1.82) is 0 Å². The van der Waals surface area contributed by atoms with E-state index in [1.165, 1.54) is 0 Å². The number of hydrogen-bond donors (Lipinski definition) is 4. The Kier molecular flexibility index (Phi) is 5.94. The minimum Gasteiger partial charge on any atom is -0.482 e. The highest BCUT2D eigenvalue weighted by Gasteiger charge is 2.06. The van der Waals surface area contributed by atoms with Gasteiger partial charge in [-0.1, -0.05) is 18.2 Å². The monoisotopic (exact) mass is 342 g/mol. The summed E-state index contributed by atoms with van der Waals surface area (Å²) in [5.41, 5.74) is 12.5. The molecule has 2 aromatic carbocycles. The van der Waals surface area contributed by atoms with Crippen LogP contribution < -0.4 is 21.5 Å². The van der Waals surface area contributed by atoms with Crippen molar-refractivity contribution in [3.63, 3.8) is 0 Å². The molecule has 1 amide bonds. The maximum absolute atomic E-state index is 12.1. The Hall–Kier alpha value is -3.55. The van der Waals surface area contributed by atoms with Crippen LogP contribution in [0.4, 0.5) is 11.4 Å². The lowest BCUT2D eigenvalue weighted by Crippen LogP contribution is -2.21. The van der Waals surface area contributed by atoms with Crippen LogP contribution in [0.25, 0.3) is 0 Å². The summed E-state index contributed by atoms with van der Waals surface area (Å²) in [5.74, 6) is -0.891. The van der Waals surface area contributed by atoms with E-state index in [0.29, 0.717) is 17.1 Å². The Morgan fingerprint density at radius 3 is 2.48 bits per heavy atom. The SMILES string of the molecule is NC(N)=Nc1cccc(NC(=O)Cc2ccc(OCC(=O)O)cc2)c1. The predicted molar refractivity (Wildman–Crippen MR) is 93.8 cm³/mol. The topological polar surface area (TPSA) is 140 Å². The standard InChI is InChI=1S/C17H18N4O4/c18-17(19)21-13-3-1-2-12(9-13)20-15(22)8-11-4-6-14(7-5-11)25-10-16(23)24/h1-7,9H,8,10H2,(H,20,22)(H,23,24)(H4,18,19,21). The molecular formula is C17H18N4O4. The van der Waals surface area contributed by atoms with Gasteiger partial charge < -0.3 is 26.6 Å². The van der Waals surface area contributed by atoms with Crippen LogP contribution in [0.3, 0.4) is 0 Å². The molecule has 0 heterocycles. The van der Waals surface area contributed by atoms with Crippen LogP contribution in [0.15, 0.2) is 53.5 Å². The lowest BCUT2D eigenvalue weighted by Gasteiger charge is -2.07. The molecule has 2 aromatic rings.